The van der Waals surface area contributed by atoms with Gasteiger partial charge < -0.3 is 10.7 Å². The largest absolute Gasteiger partial charge is 0.346 e. The van der Waals surface area contributed by atoms with Crippen molar-refractivity contribution >= 4 is 11.0 Å². The van der Waals surface area contributed by atoms with E-state index in [1.807, 2.05) is 29.3 Å². The van der Waals surface area contributed by atoms with Gasteiger partial charge in [0.05, 0.1) is 17.9 Å². The van der Waals surface area contributed by atoms with Crippen LogP contribution in [0.15, 0.2) is 31.0 Å². The van der Waals surface area contributed by atoms with E-state index >= 15 is 0 Å². The Balaban J connectivity index is 1.74. The van der Waals surface area contributed by atoms with Gasteiger partial charge in [-0.05, 0) is 18.9 Å². The second kappa shape index (κ2) is 3.89. The quantitative estimate of drug-likeness (QED) is 0.725. The smallest absolute Gasteiger partial charge is 0.141 e. The summed E-state index contributed by atoms with van der Waals surface area (Å²) in [6, 6.07) is 2.75. The molecule has 3 aromatic rings. The van der Waals surface area contributed by atoms with Crippen molar-refractivity contribution in [3.8, 4) is 11.3 Å². The molecule has 0 aliphatic heterocycles. The van der Waals surface area contributed by atoms with Crippen LogP contribution in [-0.2, 0) is 0 Å². The molecule has 1 aliphatic carbocycles. The lowest BCUT2D eigenvalue weighted by Crippen LogP contribution is -2.37. The second-order valence-corrected chi connectivity index (χ2v) is 5.06. The maximum absolute atomic E-state index is 5.82. The van der Waals surface area contributed by atoms with Crippen LogP contribution in [0.1, 0.15) is 18.9 Å². The van der Waals surface area contributed by atoms with Gasteiger partial charge in [-0.1, -0.05) is 0 Å². The summed E-state index contributed by atoms with van der Waals surface area (Å²) >= 11 is 0. The molecule has 3 heterocycles. The fourth-order valence-corrected chi connectivity index (χ4v) is 2.61. The highest BCUT2D eigenvalue weighted by molar-refractivity contribution is 5.89. The molecule has 1 fully saturated rings. The van der Waals surface area contributed by atoms with Crippen LogP contribution in [0.3, 0.4) is 0 Å². The van der Waals surface area contributed by atoms with E-state index in [4.69, 9.17) is 5.73 Å². The van der Waals surface area contributed by atoms with Crippen LogP contribution in [0, 0.1) is 0 Å². The molecule has 6 heteroatoms. The predicted molar refractivity (Wildman–Crippen MR) is 71.4 cm³/mol. The molecule has 19 heavy (non-hydrogen) atoms. The Hall–Kier alpha value is -2.21. The SMILES string of the molecule is NC1CC(n2cc(-c3ncnc4[nH]ccc34)cn2)C1. The molecule has 4 rings (SSSR count). The fourth-order valence-electron chi connectivity index (χ4n) is 2.61. The fraction of sp³-hybridized carbons (Fsp3) is 0.308. The lowest BCUT2D eigenvalue weighted by molar-refractivity contribution is 0.247. The molecule has 0 atom stereocenters. The Labute approximate surface area is 109 Å². The van der Waals surface area contributed by atoms with E-state index in [0.717, 1.165) is 35.1 Å². The van der Waals surface area contributed by atoms with Crippen LogP contribution < -0.4 is 5.73 Å². The van der Waals surface area contributed by atoms with Gasteiger partial charge in [0.15, 0.2) is 0 Å². The normalized spacial score (nSPS) is 22.6. The number of nitrogens with two attached hydrogens (primary N) is 1. The maximum atomic E-state index is 5.82. The van der Waals surface area contributed by atoms with Gasteiger partial charge in [0.1, 0.15) is 12.0 Å². The van der Waals surface area contributed by atoms with Gasteiger partial charge in [-0.2, -0.15) is 5.10 Å². The van der Waals surface area contributed by atoms with Crippen molar-refractivity contribution in [2.75, 3.05) is 0 Å². The monoisotopic (exact) mass is 254 g/mol. The highest BCUT2D eigenvalue weighted by Crippen LogP contribution is 2.32. The summed E-state index contributed by atoms with van der Waals surface area (Å²) in [5.74, 6) is 0. The lowest BCUT2D eigenvalue weighted by Gasteiger charge is -2.32. The average Bonchev–Trinajstić information content (AvgIpc) is 3.03. The number of rotatable bonds is 2. The number of nitrogens with zero attached hydrogens (tertiary/aromatic N) is 4. The van der Waals surface area contributed by atoms with Crippen LogP contribution in [0.2, 0.25) is 0 Å². The Kier molecular flexibility index (Phi) is 2.19. The molecule has 0 radical (unpaired) electrons. The third-order valence-electron chi connectivity index (χ3n) is 3.75. The van der Waals surface area contributed by atoms with Gasteiger partial charge in [0.2, 0.25) is 0 Å². The average molecular weight is 254 g/mol. The number of hydrogen-bond donors (Lipinski definition) is 2. The molecule has 0 spiro atoms. The van der Waals surface area contributed by atoms with Crippen molar-refractivity contribution in [3.05, 3.63) is 31.0 Å². The van der Waals surface area contributed by atoms with Crippen LogP contribution in [0.5, 0.6) is 0 Å². The number of aromatic nitrogens is 5. The Morgan fingerprint density at radius 1 is 1.32 bits per heavy atom. The number of nitrogens with one attached hydrogen (secondary N) is 1. The molecule has 0 aromatic carbocycles. The van der Waals surface area contributed by atoms with E-state index in [1.165, 1.54) is 0 Å². The van der Waals surface area contributed by atoms with E-state index in [1.54, 1.807) is 6.33 Å². The first-order valence-corrected chi connectivity index (χ1v) is 6.39. The van der Waals surface area contributed by atoms with E-state index in [0.29, 0.717) is 12.1 Å². The van der Waals surface area contributed by atoms with Gasteiger partial charge in [-0.15, -0.1) is 0 Å². The summed E-state index contributed by atoms with van der Waals surface area (Å²) in [6.07, 6.45) is 9.36. The van der Waals surface area contributed by atoms with Crippen LogP contribution in [0.4, 0.5) is 0 Å². The summed E-state index contributed by atoms with van der Waals surface area (Å²) in [5.41, 5.74) is 8.61. The molecule has 3 aromatic heterocycles. The molecule has 96 valence electrons. The first-order valence-electron chi connectivity index (χ1n) is 6.39. The van der Waals surface area contributed by atoms with Gasteiger partial charge in [0.25, 0.3) is 0 Å². The van der Waals surface area contributed by atoms with Crippen molar-refractivity contribution in [2.24, 2.45) is 5.73 Å². The van der Waals surface area contributed by atoms with Crippen molar-refractivity contribution in [2.45, 2.75) is 24.9 Å². The second-order valence-electron chi connectivity index (χ2n) is 5.06. The lowest BCUT2D eigenvalue weighted by atomic mass is 9.88. The molecular weight excluding hydrogens is 240 g/mol. The zero-order valence-electron chi connectivity index (χ0n) is 10.3. The third-order valence-corrected chi connectivity index (χ3v) is 3.75. The summed E-state index contributed by atoms with van der Waals surface area (Å²) < 4.78 is 2.00. The van der Waals surface area contributed by atoms with E-state index in [9.17, 15) is 0 Å². The molecule has 3 N–H and O–H groups in total. The van der Waals surface area contributed by atoms with E-state index < -0.39 is 0 Å². The maximum Gasteiger partial charge on any atom is 0.141 e. The highest BCUT2D eigenvalue weighted by Gasteiger charge is 2.28. The number of aromatic amines is 1. The Bertz CT molecular complexity index is 721. The molecule has 1 saturated carbocycles. The van der Waals surface area contributed by atoms with E-state index in [2.05, 4.69) is 20.1 Å². The van der Waals surface area contributed by atoms with Gasteiger partial charge >= 0.3 is 0 Å². The van der Waals surface area contributed by atoms with Crippen LogP contribution >= 0.6 is 0 Å². The first kappa shape index (κ1) is 10.7. The Morgan fingerprint density at radius 3 is 3.05 bits per heavy atom. The minimum absolute atomic E-state index is 0.327. The summed E-state index contributed by atoms with van der Waals surface area (Å²) in [7, 11) is 0. The minimum atomic E-state index is 0.327. The van der Waals surface area contributed by atoms with Crippen molar-refractivity contribution < 1.29 is 0 Å². The standard InChI is InChI=1S/C13H14N6/c14-9-3-10(4-9)19-6-8(5-18-19)12-11-1-2-15-13(11)17-7-16-12/h1-2,5-7,9-10H,3-4,14H2,(H,15,16,17). The zero-order valence-corrected chi connectivity index (χ0v) is 10.3. The summed E-state index contributed by atoms with van der Waals surface area (Å²) in [4.78, 5) is 11.7. The Morgan fingerprint density at radius 2 is 2.21 bits per heavy atom. The van der Waals surface area contributed by atoms with Crippen molar-refractivity contribution in [3.63, 3.8) is 0 Å². The van der Waals surface area contributed by atoms with Crippen molar-refractivity contribution in [1.82, 2.24) is 24.7 Å². The molecule has 6 nitrogen and oxygen atoms in total. The predicted octanol–water partition coefficient (Wildman–Crippen LogP) is 1.48. The van der Waals surface area contributed by atoms with E-state index in [-0.39, 0.29) is 0 Å². The molecular formula is C13H14N6. The van der Waals surface area contributed by atoms with Gasteiger partial charge in [0, 0.05) is 29.4 Å². The summed E-state index contributed by atoms with van der Waals surface area (Å²) in [6.45, 7) is 0. The van der Waals surface area contributed by atoms with Crippen molar-refractivity contribution in [1.29, 1.82) is 0 Å². The minimum Gasteiger partial charge on any atom is -0.346 e. The molecule has 1 aliphatic rings. The number of H-pyrrole nitrogens is 1. The molecule has 0 amide bonds. The van der Waals surface area contributed by atoms with Crippen LogP contribution in [0.25, 0.3) is 22.3 Å². The molecule has 0 saturated heterocycles. The molecule has 0 unspecified atom stereocenters. The topological polar surface area (TPSA) is 85.4 Å². The zero-order chi connectivity index (χ0) is 12.8. The first-order chi connectivity index (χ1) is 9.31. The summed E-state index contributed by atoms with van der Waals surface area (Å²) in [5, 5.41) is 5.45. The van der Waals surface area contributed by atoms with Crippen LogP contribution in [-0.4, -0.2) is 30.8 Å². The molecule has 0 bridgehead atoms. The highest BCUT2D eigenvalue weighted by atomic mass is 15.3. The van der Waals surface area contributed by atoms with Gasteiger partial charge in [-0.25, -0.2) is 9.97 Å². The number of hydrogen-bond acceptors (Lipinski definition) is 4. The number of fused-ring (bicyclic) bond motifs is 1. The van der Waals surface area contributed by atoms with Gasteiger partial charge in [-0.3, -0.25) is 4.68 Å². The third kappa shape index (κ3) is 1.64.